The Balaban J connectivity index is 1.74. The molecule has 2 amide bonds. The van der Waals surface area contributed by atoms with Crippen molar-refractivity contribution in [3.63, 3.8) is 0 Å². The molecule has 36 heavy (non-hydrogen) atoms. The van der Waals surface area contributed by atoms with Crippen LogP contribution >= 0.6 is 0 Å². The summed E-state index contributed by atoms with van der Waals surface area (Å²) < 4.78 is 5.29. The first-order valence-electron chi connectivity index (χ1n) is 13.5. The number of amides is 2. The van der Waals surface area contributed by atoms with Crippen LogP contribution < -0.4 is 10.1 Å². The van der Waals surface area contributed by atoms with E-state index >= 15 is 0 Å². The Morgan fingerprint density at radius 2 is 1.58 bits per heavy atom. The maximum Gasteiger partial charge on any atom is 0.243 e. The number of aryl methyl sites for hydroxylation is 1. The minimum atomic E-state index is -0.482. The Labute approximate surface area is 217 Å². The van der Waals surface area contributed by atoms with Crippen molar-refractivity contribution < 1.29 is 14.3 Å². The molecule has 1 N–H and O–H groups in total. The molecule has 5 heteroatoms. The summed E-state index contributed by atoms with van der Waals surface area (Å²) in [6, 6.07) is 16.0. The molecule has 0 aromatic heterocycles. The van der Waals surface area contributed by atoms with Crippen molar-refractivity contribution in [2.75, 3.05) is 7.11 Å². The van der Waals surface area contributed by atoms with Gasteiger partial charge in [0.05, 0.1) is 7.11 Å². The Kier molecular flexibility index (Phi) is 9.98. The van der Waals surface area contributed by atoms with Crippen LogP contribution in [0, 0.1) is 0 Å². The minimum Gasteiger partial charge on any atom is -0.497 e. The highest BCUT2D eigenvalue weighted by atomic mass is 16.5. The van der Waals surface area contributed by atoms with E-state index in [4.69, 9.17) is 4.74 Å². The summed E-state index contributed by atoms with van der Waals surface area (Å²) in [5.74, 6) is 0.759. The summed E-state index contributed by atoms with van der Waals surface area (Å²) in [6.45, 7) is 9.00. The molecule has 0 unspecified atom stereocenters. The van der Waals surface area contributed by atoms with Crippen LogP contribution in [0.1, 0.15) is 89.3 Å². The molecule has 0 aliphatic heterocycles. The fourth-order valence-corrected chi connectivity index (χ4v) is 4.96. The van der Waals surface area contributed by atoms with Crippen LogP contribution in [0.15, 0.2) is 48.5 Å². The number of methoxy groups -OCH3 is 1. The highest BCUT2D eigenvalue weighted by Crippen LogP contribution is 2.23. The van der Waals surface area contributed by atoms with Crippen LogP contribution in [0.25, 0.3) is 0 Å². The van der Waals surface area contributed by atoms with E-state index in [0.29, 0.717) is 25.8 Å². The molecular formula is C31H44N2O3. The van der Waals surface area contributed by atoms with Crippen molar-refractivity contribution in [3.8, 4) is 5.75 Å². The van der Waals surface area contributed by atoms with Crippen molar-refractivity contribution in [1.29, 1.82) is 0 Å². The van der Waals surface area contributed by atoms with Gasteiger partial charge in [-0.05, 0) is 59.9 Å². The molecule has 1 fully saturated rings. The third-order valence-corrected chi connectivity index (χ3v) is 7.30. The second-order valence-electron chi connectivity index (χ2n) is 11.1. The van der Waals surface area contributed by atoms with Crippen molar-refractivity contribution in [2.45, 2.75) is 103 Å². The monoisotopic (exact) mass is 492 g/mol. The van der Waals surface area contributed by atoms with Crippen LogP contribution in [0.4, 0.5) is 0 Å². The topological polar surface area (TPSA) is 58.6 Å². The summed E-state index contributed by atoms with van der Waals surface area (Å²) in [6.07, 6.45) is 7.22. The number of hydrogen-bond acceptors (Lipinski definition) is 3. The lowest BCUT2D eigenvalue weighted by Crippen LogP contribution is -2.51. The van der Waals surface area contributed by atoms with Crippen molar-refractivity contribution in [2.24, 2.45) is 0 Å². The van der Waals surface area contributed by atoms with Gasteiger partial charge in [-0.3, -0.25) is 9.59 Å². The van der Waals surface area contributed by atoms with Gasteiger partial charge in [-0.25, -0.2) is 0 Å². The van der Waals surface area contributed by atoms with Gasteiger partial charge in [0.15, 0.2) is 0 Å². The van der Waals surface area contributed by atoms with Crippen LogP contribution in [0.2, 0.25) is 0 Å². The van der Waals surface area contributed by atoms with Crippen LogP contribution in [0.3, 0.4) is 0 Å². The highest BCUT2D eigenvalue weighted by Gasteiger charge is 2.30. The number of nitrogens with zero attached hydrogens (tertiary/aromatic N) is 1. The Bertz CT molecular complexity index is 970. The van der Waals surface area contributed by atoms with Crippen LogP contribution in [-0.4, -0.2) is 35.9 Å². The molecule has 1 aliphatic carbocycles. The summed E-state index contributed by atoms with van der Waals surface area (Å²) in [4.78, 5) is 28.7. The van der Waals surface area contributed by atoms with E-state index in [1.807, 2.05) is 31.2 Å². The molecule has 3 rings (SSSR count). The van der Waals surface area contributed by atoms with E-state index in [2.05, 4.69) is 50.4 Å². The fourth-order valence-electron chi connectivity index (χ4n) is 4.96. The number of carbonyl (C=O) groups is 2. The lowest BCUT2D eigenvalue weighted by Gasteiger charge is -2.33. The van der Waals surface area contributed by atoms with Gasteiger partial charge in [0, 0.05) is 19.0 Å². The van der Waals surface area contributed by atoms with Gasteiger partial charge < -0.3 is 15.0 Å². The summed E-state index contributed by atoms with van der Waals surface area (Å²) in [5.41, 5.74) is 3.51. The predicted molar refractivity (Wildman–Crippen MR) is 146 cm³/mol. The number of rotatable bonds is 10. The van der Waals surface area contributed by atoms with Crippen molar-refractivity contribution in [1.82, 2.24) is 10.2 Å². The second-order valence-corrected chi connectivity index (χ2v) is 11.1. The smallest absolute Gasteiger partial charge is 0.243 e. The van der Waals surface area contributed by atoms with E-state index in [1.54, 1.807) is 12.0 Å². The Morgan fingerprint density at radius 3 is 2.14 bits per heavy atom. The van der Waals surface area contributed by atoms with E-state index in [9.17, 15) is 9.59 Å². The highest BCUT2D eigenvalue weighted by molar-refractivity contribution is 5.88. The maximum absolute atomic E-state index is 13.6. The molecule has 1 atom stereocenters. The number of carbonyl (C=O) groups excluding carboxylic acids is 2. The first-order chi connectivity index (χ1) is 17.2. The van der Waals surface area contributed by atoms with Gasteiger partial charge in [0.2, 0.25) is 11.8 Å². The standard InChI is InChI=1S/C31H44N2O3/c1-6-28(30(35)32-26-10-8-7-9-11-26)33(22-24-14-19-27(36-5)20-15-24)29(34)21-16-23-12-17-25(18-13-23)31(2,3)4/h12-15,17-20,26,28H,6-11,16,21-22H2,1-5H3,(H,32,35)/t28-/m1/s1. The first-order valence-corrected chi connectivity index (χ1v) is 13.5. The average molecular weight is 493 g/mol. The molecule has 2 aromatic rings. The first kappa shape index (κ1) is 27.8. The second kappa shape index (κ2) is 12.9. The van der Waals surface area contributed by atoms with E-state index in [0.717, 1.165) is 42.6 Å². The third kappa shape index (κ3) is 7.84. The van der Waals surface area contributed by atoms with Gasteiger partial charge >= 0.3 is 0 Å². The molecule has 0 heterocycles. The number of ether oxygens (including phenoxy) is 1. The molecule has 1 saturated carbocycles. The molecule has 0 radical (unpaired) electrons. The molecule has 196 valence electrons. The average Bonchev–Trinajstić information content (AvgIpc) is 2.88. The normalized spacial score (nSPS) is 15.2. The lowest BCUT2D eigenvalue weighted by atomic mass is 9.86. The molecule has 0 saturated heterocycles. The third-order valence-electron chi connectivity index (χ3n) is 7.30. The molecule has 0 spiro atoms. The number of hydrogen-bond donors (Lipinski definition) is 1. The van der Waals surface area contributed by atoms with Crippen molar-refractivity contribution >= 4 is 11.8 Å². The zero-order chi connectivity index (χ0) is 26.1. The number of nitrogens with one attached hydrogen (secondary N) is 1. The van der Waals surface area contributed by atoms with Crippen LogP contribution in [0.5, 0.6) is 5.75 Å². The van der Waals surface area contributed by atoms with Gasteiger partial charge in [-0.15, -0.1) is 0 Å². The molecule has 0 bridgehead atoms. The summed E-state index contributed by atoms with van der Waals surface area (Å²) in [5, 5.41) is 3.25. The molecule has 5 nitrogen and oxygen atoms in total. The van der Waals surface area contributed by atoms with E-state index in [1.165, 1.54) is 12.0 Å². The predicted octanol–water partition coefficient (Wildman–Crippen LogP) is 6.18. The fraction of sp³-hybridized carbons (Fsp3) is 0.548. The van der Waals surface area contributed by atoms with E-state index in [-0.39, 0.29) is 23.3 Å². The summed E-state index contributed by atoms with van der Waals surface area (Å²) in [7, 11) is 1.64. The van der Waals surface area contributed by atoms with Gasteiger partial charge in [0.25, 0.3) is 0 Å². The van der Waals surface area contributed by atoms with E-state index < -0.39 is 6.04 Å². The SMILES string of the molecule is CC[C@H](C(=O)NC1CCCCC1)N(Cc1ccc(OC)cc1)C(=O)CCc1ccc(C(C)(C)C)cc1. The Hall–Kier alpha value is -2.82. The zero-order valence-electron chi connectivity index (χ0n) is 22.8. The quantitative estimate of drug-likeness (QED) is 0.431. The maximum atomic E-state index is 13.6. The van der Waals surface area contributed by atoms with Crippen molar-refractivity contribution in [3.05, 3.63) is 65.2 Å². The Morgan fingerprint density at radius 1 is 0.972 bits per heavy atom. The zero-order valence-corrected chi connectivity index (χ0v) is 22.8. The van der Waals surface area contributed by atoms with Gasteiger partial charge in [0.1, 0.15) is 11.8 Å². The molecular weight excluding hydrogens is 448 g/mol. The summed E-state index contributed by atoms with van der Waals surface area (Å²) >= 11 is 0. The minimum absolute atomic E-state index is 0.0105. The van der Waals surface area contributed by atoms with Crippen LogP contribution in [-0.2, 0) is 28.0 Å². The largest absolute Gasteiger partial charge is 0.497 e. The molecule has 2 aromatic carbocycles. The lowest BCUT2D eigenvalue weighted by molar-refractivity contribution is -0.141. The van der Waals surface area contributed by atoms with Gasteiger partial charge in [-0.1, -0.05) is 83.4 Å². The molecule has 1 aliphatic rings. The number of benzene rings is 2. The van der Waals surface area contributed by atoms with Gasteiger partial charge in [-0.2, -0.15) is 0 Å².